The van der Waals surface area contributed by atoms with Crippen molar-refractivity contribution in [1.29, 1.82) is 0 Å². The first-order valence-corrected chi connectivity index (χ1v) is 5.99. The Morgan fingerprint density at radius 2 is 1.93 bits per heavy atom. The van der Waals surface area contributed by atoms with Gasteiger partial charge in [0.15, 0.2) is 0 Å². The van der Waals surface area contributed by atoms with E-state index in [0.29, 0.717) is 6.04 Å². The summed E-state index contributed by atoms with van der Waals surface area (Å²) in [5, 5.41) is 9.86. The number of aliphatic hydroxyl groups excluding tert-OH is 1. The third-order valence-electron chi connectivity index (χ3n) is 3.32. The average molecular weight is 199 g/mol. The van der Waals surface area contributed by atoms with Crippen LogP contribution in [0.4, 0.5) is 0 Å². The molecule has 0 saturated heterocycles. The molecule has 2 heteroatoms. The molecule has 14 heavy (non-hydrogen) atoms. The number of nitrogens with zero attached hydrogens (tertiary/aromatic N) is 1. The van der Waals surface area contributed by atoms with E-state index in [0.717, 1.165) is 18.9 Å². The van der Waals surface area contributed by atoms with Crippen LogP contribution in [0.2, 0.25) is 0 Å². The van der Waals surface area contributed by atoms with Gasteiger partial charge in [0.2, 0.25) is 0 Å². The van der Waals surface area contributed by atoms with Crippen molar-refractivity contribution in [2.24, 2.45) is 5.92 Å². The van der Waals surface area contributed by atoms with Crippen LogP contribution in [0.25, 0.3) is 0 Å². The van der Waals surface area contributed by atoms with Crippen LogP contribution >= 0.6 is 0 Å². The zero-order chi connectivity index (χ0) is 10.6. The maximum atomic E-state index is 9.86. The molecule has 2 nitrogen and oxygen atoms in total. The lowest BCUT2D eigenvalue weighted by Crippen LogP contribution is -2.43. The van der Waals surface area contributed by atoms with Crippen molar-refractivity contribution < 1.29 is 5.11 Å². The SMILES string of the molecule is CC(C)CCN(C)C1CCCCC1O. The quantitative estimate of drug-likeness (QED) is 0.751. The smallest absolute Gasteiger partial charge is 0.0695 e. The second-order valence-electron chi connectivity index (χ2n) is 5.08. The molecule has 2 unspecified atom stereocenters. The van der Waals surface area contributed by atoms with Crippen LogP contribution in [-0.4, -0.2) is 35.7 Å². The lowest BCUT2D eigenvalue weighted by molar-refractivity contribution is 0.0305. The summed E-state index contributed by atoms with van der Waals surface area (Å²) >= 11 is 0. The third-order valence-corrected chi connectivity index (χ3v) is 3.32. The Morgan fingerprint density at radius 1 is 1.29 bits per heavy atom. The van der Waals surface area contributed by atoms with E-state index in [1.807, 2.05) is 0 Å². The Kier molecular flexibility index (Phi) is 4.90. The third kappa shape index (κ3) is 3.58. The van der Waals surface area contributed by atoms with Crippen LogP contribution in [-0.2, 0) is 0 Å². The molecule has 0 aliphatic heterocycles. The molecular formula is C12H25NO. The van der Waals surface area contributed by atoms with E-state index in [9.17, 15) is 5.11 Å². The maximum Gasteiger partial charge on any atom is 0.0695 e. The van der Waals surface area contributed by atoms with Crippen molar-refractivity contribution in [3.05, 3.63) is 0 Å². The number of hydrogen-bond donors (Lipinski definition) is 1. The van der Waals surface area contributed by atoms with E-state index in [1.165, 1.54) is 25.7 Å². The molecule has 0 aromatic heterocycles. The highest BCUT2D eigenvalue weighted by atomic mass is 16.3. The molecule has 0 heterocycles. The molecule has 0 bridgehead atoms. The maximum absolute atomic E-state index is 9.86. The summed E-state index contributed by atoms with van der Waals surface area (Å²) in [4.78, 5) is 2.35. The van der Waals surface area contributed by atoms with E-state index in [2.05, 4.69) is 25.8 Å². The van der Waals surface area contributed by atoms with Gasteiger partial charge >= 0.3 is 0 Å². The van der Waals surface area contributed by atoms with Crippen molar-refractivity contribution in [2.75, 3.05) is 13.6 Å². The summed E-state index contributed by atoms with van der Waals surface area (Å²) in [6.45, 7) is 5.63. The van der Waals surface area contributed by atoms with Crippen molar-refractivity contribution in [1.82, 2.24) is 4.90 Å². The van der Waals surface area contributed by atoms with Crippen LogP contribution in [0.15, 0.2) is 0 Å². The Labute approximate surface area is 88.3 Å². The lowest BCUT2D eigenvalue weighted by Gasteiger charge is -2.35. The summed E-state index contributed by atoms with van der Waals surface area (Å²) < 4.78 is 0. The van der Waals surface area contributed by atoms with Crippen molar-refractivity contribution in [2.45, 2.75) is 58.1 Å². The molecule has 0 aromatic carbocycles. The summed E-state index contributed by atoms with van der Waals surface area (Å²) in [6, 6.07) is 0.419. The lowest BCUT2D eigenvalue weighted by atomic mass is 9.91. The van der Waals surface area contributed by atoms with Crippen LogP contribution in [0.5, 0.6) is 0 Å². The standard InChI is InChI=1S/C12H25NO/c1-10(2)8-9-13(3)11-6-4-5-7-12(11)14/h10-12,14H,4-9H2,1-3H3. The fraction of sp³-hybridized carbons (Fsp3) is 1.00. The highest BCUT2D eigenvalue weighted by Gasteiger charge is 2.26. The molecule has 84 valence electrons. The van der Waals surface area contributed by atoms with E-state index < -0.39 is 0 Å². The van der Waals surface area contributed by atoms with Crippen LogP contribution in [0.1, 0.15) is 46.0 Å². The van der Waals surface area contributed by atoms with Crippen molar-refractivity contribution >= 4 is 0 Å². The second kappa shape index (κ2) is 5.72. The zero-order valence-electron chi connectivity index (χ0n) is 9.87. The van der Waals surface area contributed by atoms with Crippen LogP contribution in [0.3, 0.4) is 0 Å². The molecule has 0 radical (unpaired) electrons. The number of aliphatic hydroxyl groups is 1. The Hall–Kier alpha value is -0.0800. The topological polar surface area (TPSA) is 23.5 Å². The van der Waals surface area contributed by atoms with E-state index in [-0.39, 0.29) is 6.10 Å². The number of rotatable bonds is 4. The first kappa shape index (κ1) is 12.0. The Balaban J connectivity index is 2.30. The van der Waals surface area contributed by atoms with Gasteiger partial charge in [0.1, 0.15) is 0 Å². The Morgan fingerprint density at radius 3 is 2.50 bits per heavy atom. The second-order valence-corrected chi connectivity index (χ2v) is 5.08. The normalized spacial score (nSPS) is 28.7. The van der Waals surface area contributed by atoms with E-state index in [4.69, 9.17) is 0 Å². The molecule has 0 spiro atoms. The minimum Gasteiger partial charge on any atom is -0.391 e. The molecule has 0 amide bonds. The number of hydrogen-bond acceptors (Lipinski definition) is 2. The molecular weight excluding hydrogens is 174 g/mol. The largest absolute Gasteiger partial charge is 0.391 e. The fourth-order valence-corrected chi connectivity index (χ4v) is 2.23. The first-order chi connectivity index (χ1) is 6.61. The van der Waals surface area contributed by atoms with Gasteiger partial charge in [-0.15, -0.1) is 0 Å². The van der Waals surface area contributed by atoms with Crippen molar-refractivity contribution in [3.8, 4) is 0 Å². The summed E-state index contributed by atoms with van der Waals surface area (Å²) in [7, 11) is 2.15. The van der Waals surface area contributed by atoms with E-state index in [1.54, 1.807) is 0 Å². The molecule has 2 atom stereocenters. The predicted octanol–water partition coefficient (Wildman–Crippen LogP) is 2.27. The van der Waals surface area contributed by atoms with Gasteiger partial charge in [-0.3, -0.25) is 0 Å². The molecule has 0 aromatic rings. The number of likely N-dealkylation sites (N-methyl/N-ethyl adjacent to an activating group) is 1. The monoisotopic (exact) mass is 199 g/mol. The van der Waals surface area contributed by atoms with Gasteiger partial charge in [-0.25, -0.2) is 0 Å². The summed E-state index contributed by atoms with van der Waals surface area (Å²) in [5.41, 5.74) is 0. The van der Waals surface area contributed by atoms with Gasteiger partial charge in [-0.2, -0.15) is 0 Å². The van der Waals surface area contributed by atoms with Crippen LogP contribution < -0.4 is 0 Å². The minimum atomic E-state index is -0.0825. The molecule has 1 rings (SSSR count). The van der Waals surface area contributed by atoms with Crippen molar-refractivity contribution in [3.63, 3.8) is 0 Å². The summed E-state index contributed by atoms with van der Waals surface area (Å²) in [6.07, 6.45) is 5.82. The first-order valence-electron chi connectivity index (χ1n) is 5.99. The van der Waals surface area contributed by atoms with Gasteiger partial charge in [0.25, 0.3) is 0 Å². The average Bonchev–Trinajstić information content (AvgIpc) is 2.15. The highest BCUT2D eigenvalue weighted by Crippen LogP contribution is 2.22. The Bertz CT molecular complexity index is 158. The summed E-state index contributed by atoms with van der Waals surface area (Å²) in [5.74, 6) is 0.762. The van der Waals surface area contributed by atoms with Gasteiger partial charge in [-0.1, -0.05) is 26.7 Å². The van der Waals surface area contributed by atoms with Crippen LogP contribution in [0, 0.1) is 5.92 Å². The van der Waals surface area contributed by atoms with Gasteiger partial charge in [0, 0.05) is 6.04 Å². The molecule has 1 N–H and O–H groups in total. The van der Waals surface area contributed by atoms with Gasteiger partial charge < -0.3 is 10.0 Å². The fourth-order valence-electron chi connectivity index (χ4n) is 2.23. The van der Waals surface area contributed by atoms with Gasteiger partial charge in [0.05, 0.1) is 6.10 Å². The zero-order valence-corrected chi connectivity index (χ0v) is 9.87. The molecule has 1 saturated carbocycles. The van der Waals surface area contributed by atoms with E-state index >= 15 is 0 Å². The molecule has 1 fully saturated rings. The minimum absolute atomic E-state index is 0.0825. The predicted molar refractivity (Wildman–Crippen MR) is 60.3 cm³/mol. The molecule has 1 aliphatic carbocycles. The van der Waals surface area contributed by atoms with Gasteiger partial charge in [-0.05, 0) is 38.8 Å². The molecule has 1 aliphatic rings. The highest BCUT2D eigenvalue weighted by molar-refractivity contribution is 4.81.